The van der Waals surface area contributed by atoms with Gasteiger partial charge in [-0.2, -0.15) is 5.10 Å². The minimum absolute atomic E-state index is 0.0820. The Morgan fingerprint density at radius 1 is 1.38 bits per heavy atom. The van der Waals surface area contributed by atoms with Gasteiger partial charge in [0.2, 0.25) is 0 Å². The smallest absolute Gasteiger partial charge is 0.143 e. The molecule has 6 heteroatoms. The largest absolute Gasteiger partial charge is 0.310 e. The highest BCUT2D eigenvalue weighted by molar-refractivity contribution is 9.10. The molecule has 0 spiro atoms. The van der Waals surface area contributed by atoms with Crippen molar-refractivity contribution in [3.05, 3.63) is 51.3 Å². The third-order valence-corrected chi connectivity index (χ3v) is 4.26. The topological polar surface area (TPSA) is 29.9 Å². The standard InChI is InChI=1S/C15H18BrF2N3/c1-4-19-14(11-8-20-21(3)9(11)2)7-10-13(17)6-5-12(16)15(10)18/h5-6,8,14,19H,4,7H2,1-3H3. The minimum atomic E-state index is -0.542. The van der Waals surface area contributed by atoms with Gasteiger partial charge in [-0.1, -0.05) is 6.92 Å². The summed E-state index contributed by atoms with van der Waals surface area (Å²) in [5.74, 6) is -1.07. The number of rotatable bonds is 5. The van der Waals surface area contributed by atoms with Gasteiger partial charge < -0.3 is 5.32 Å². The molecule has 2 rings (SSSR count). The molecule has 1 heterocycles. The summed E-state index contributed by atoms with van der Waals surface area (Å²) >= 11 is 3.11. The number of likely N-dealkylation sites (N-methyl/N-ethyl adjacent to an activating group) is 1. The van der Waals surface area contributed by atoms with E-state index < -0.39 is 11.6 Å². The number of benzene rings is 1. The Kier molecular flexibility index (Phi) is 5.11. The number of nitrogens with one attached hydrogen (secondary N) is 1. The predicted molar refractivity (Wildman–Crippen MR) is 82.1 cm³/mol. The van der Waals surface area contributed by atoms with Crippen LogP contribution in [0.4, 0.5) is 8.78 Å². The first kappa shape index (κ1) is 16.1. The molecule has 0 aliphatic heterocycles. The maximum atomic E-state index is 14.1. The van der Waals surface area contributed by atoms with Gasteiger partial charge in [-0.25, -0.2) is 8.78 Å². The van der Waals surface area contributed by atoms with Crippen LogP contribution in [-0.4, -0.2) is 16.3 Å². The first-order valence-electron chi connectivity index (χ1n) is 6.80. The second-order valence-corrected chi connectivity index (χ2v) is 5.80. The number of nitrogens with zero attached hydrogens (tertiary/aromatic N) is 2. The molecule has 1 unspecified atom stereocenters. The Labute approximate surface area is 131 Å². The van der Waals surface area contributed by atoms with Crippen molar-refractivity contribution in [2.24, 2.45) is 7.05 Å². The van der Waals surface area contributed by atoms with E-state index in [0.29, 0.717) is 6.54 Å². The Morgan fingerprint density at radius 3 is 2.67 bits per heavy atom. The lowest BCUT2D eigenvalue weighted by Crippen LogP contribution is -2.24. The monoisotopic (exact) mass is 357 g/mol. The van der Waals surface area contributed by atoms with Crippen LogP contribution < -0.4 is 5.32 Å². The highest BCUT2D eigenvalue weighted by Crippen LogP contribution is 2.27. The fourth-order valence-electron chi connectivity index (χ4n) is 2.36. The molecule has 0 fully saturated rings. The number of hydrogen-bond donors (Lipinski definition) is 1. The maximum absolute atomic E-state index is 14.1. The average Bonchev–Trinajstić information content (AvgIpc) is 2.78. The summed E-state index contributed by atoms with van der Waals surface area (Å²) in [5, 5.41) is 7.48. The van der Waals surface area contributed by atoms with Gasteiger partial charge in [-0.15, -0.1) is 0 Å². The summed E-state index contributed by atoms with van der Waals surface area (Å²) in [7, 11) is 1.85. The third-order valence-electron chi connectivity index (χ3n) is 3.65. The van der Waals surface area contributed by atoms with Crippen molar-refractivity contribution in [1.82, 2.24) is 15.1 Å². The van der Waals surface area contributed by atoms with E-state index >= 15 is 0 Å². The van der Waals surface area contributed by atoms with Crippen LogP contribution in [-0.2, 0) is 13.5 Å². The molecule has 1 aromatic carbocycles. The van der Waals surface area contributed by atoms with Crippen molar-refractivity contribution in [3.8, 4) is 0 Å². The normalized spacial score (nSPS) is 12.7. The second-order valence-electron chi connectivity index (χ2n) is 4.95. The van der Waals surface area contributed by atoms with E-state index in [0.717, 1.165) is 11.3 Å². The molecule has 0 saturated heterocycles. The van der Waals surface area contributed by atoms with E-state index in [1.54, 1.807) is 10.9 Å². The lowest BCUT2D eigenvalue weighted by Gasteiger charge is -2.19. The van der Waals surface area contributed by atoms with E-state index in [-0.39, 0.29) is 22.5 Å². The Hall–Kier alpha value is -1.27. The summed E-state index contributed by atoms with van der Waals surface area (Å²) in [5.41, 5.74) is 2.02. The molecular weight excluding hydrogens is 340 g/mol. The van der Waals surface area contributed by atoms with Crippen molar-refractivity contribution in [1.29, 1.82) is 0 Å². The third kappa shape index (κ3) is 3.32. The van der Waals surface area contributed by atoms with E-state index in [2.05, 4.69) is 26.3 Å². The van der Waals surface area contributed by atoms with Crippen LogP contribution in [0, 0.1) is 18.6 Å². The van der Waals surface area contributed by atoms with Crippen LogP contribution >= 0.6 is 15.9 Å². The summed E-state index contributed by atoms with van der Waals surface area (Å²) in [6, 6.07) is 2.48. The summed E-state index contributed by atoms with van der Waals surface area (Å²) < 4.78 is 30.1. The molecule has 1 N–H and O–H groups in total. The van der Waals surface area contributed by atoms with Gasteiger partial charge in [0.1, 0.15) is 11.6 Å². The van der Waals surface area contributed by atoms with Crippen molar-refractivity contribution in [2.45, 2.75) is 26.3 Å². The molecule has 0 amide bonds. The molecule has 3 nitrogen and oxygen atoms in total. The fraction of sp³-hybridized carbons (Fsp3) is 0.400. The Bertz CT molecular complexity index is 640. The van der Waals surface area contributed by atoms with Gasteiger partial charge >= 0.3 is 0 Å². The number of hydrogen-bond acceptors (Lipinski definition) is 2. The zero-order valence-electron chi connectivity index (χ0n) is 12.3. The minimum Gasteiger partial charge on any atom is -0.310 e. The highest BCUT2D eigenvalue weighted by atomic mass is 79.9. The number of aryl methyl sites for hydroxylation is 1. The quantitative estimate of drug-likeness (QED) is 0.827. The molecule has 1 atom stereocenters. The molecule has 0 aliphatic carbocycles. The van der Waals surface area contributed by atoms with E-state index in [9.17, 15) is 8.78 Å². The lowest BCUT2D eigenvalue weighted by molar-refractivity contribution is 0.495. The van der Waals surface area contributed by atoms with Gasteiger partial charge in [0, 0.05) is 29.9 Å². The molecular formula is C15H18BrF2N3. The van der Waals surface area contributed by atoms with Gasteiger partial charge in [-0.3, -0.25) is 4.68 Å². The van der Waals surface area contributed by atoms with E-state index in [1.165, 1.54) is 12.1 Å². The molecule has 0 aliphatic rings. The molecule has 1 aromatic heterocycles. The maximum Gasteiger partial charge on any atom is 0.143 e. The lowest BCUT2D eigenvalue weighted by atomic mass is 9.98. The highest BCUT2D eigenvalue weighted by Gasteiger charge is 2.21. The molecule has 114 valence electrons. The van der Waals surface area contributed by atoms with Gasteiger partial charge in [0.25, 0.3) is 0 Å². The van der Waals surface area contributed by atoms with E-state index in [1.807, 2.05) is 20.9 Å². The average molecular weight is 358 g/mol. The van der Waals surface area contributed by atoms with E-state index in [4.69, 9.17) is 0 Å². The SMILES string of the molecule is CCNC(Cc1c(F)ccc(Br)c1F)c1cnn(C)c1C. The zero-order chi connectivity index (χ0) is 15.6. The molecule has 2 aromatic rings. The summed E-state index contributed by atoms with van der Waals surface area (Å²) in [6.07, 6.45) is 1.98. The van der Waals surface area contributed by atoms with Crippen molar-refractivity contribution < 1.29 is 8.78 Å². The number of aromatic nitrogens is 2. The Balaban J connectivity index is 2.38. The van der Waals surface area contributed by atoms with Crippen LogP contribution in [0.5, 0.6) is 0 Å². The fourth-order valence-corrected chi connectivity index (χ4v) is 2.73. The van der Waals surface area contributed by atoms with Crippen LogP contribution in [0.25, 0.3) is 0 Å². The van der Waals surface area contributed by atoms with Crippen molar-refractivity contribution in [3.63, 3.8) is 0 Å². The van der Waals surface area contributed by atoms with Gasteiger partial charge in [-0.05, 0) is 48.0 Å². The van der Waals surface area contributed by atoms with Gasteiger partial charge in [0.05, 0.1) is 10.7 Å². The second kappa shape index (κ2) is 6.66. The molecule has 21 heavy (non-hydrogen) atoms. The number of halogens is 3. The van der Waals surface area contributed by atoms with Crippen LogP contribution in [0.2, 0.25) is 0 Å². The van der Waals surface area contributed by atoms with Crippen LogP contribution in [0.1, 0.15) is 29.8 Å². The van der Waals surface area contributed by atoms with Crippen molar-refractivity contribution >= 4 is 15.9 Å². The van der Waals surface area contributed by atoms with Crippen LogP contribution in [0.15, 0.2) is 22.8 Å². The first-order chi connectivity index (χ1) is 9.95. The molecule has 0 bridgehead atoms. The van der Waals surface area contributed by atoms with Crippen molar-refractivity contribution in [2.75, 3.05) is 6.54 Å². The zero-order valence-corrected chi connectivity index (χ0v) is 13.8. The van der Waals surface area contributed by atoms with Crippen LogP contribution in [0.3, 0.4) is 0 Å². The first-order valence-corrected chi connectivity index (χ1v) is 7.59. The predicted octanol–water partition coefficient (Wildman–Crippen LogP) is 3.66. The van der Waals surface area contributed by atoms with Gasteiger partial charge in [0.15, 0.2) is 0 Å². The Morgan fingerprint density at radius 2 is 2.10 bits per heavy atom. The molecule has 0 radical (unpaired) electrons. The summed E-state index contributed by atoms with van der Waals surface area (Å²) in [4.78, 5) is 0. The summed E-state index contributed by atoms with van der Waals surface area (Å²) in [6.45, 7) is 4.61. The molecule has 0 saturated carbocycles.